The van der Waals surface area contributed by atoms with Crippen LogP contribution < -0.4 is 15.6 Å². The molecule has 9 heteroatoms. The van der Waals surface area contributed by atoms with E-state index in [4.69, 9.17) is 4.74 Å². The van der Waals surface area contributed by atoms with Crippen LogP contribution >= 0.6 is 11.8 Å². The SMILES string of the molecule is CCOc1ccc(-n2c(SCC(=O)Nc3cc(F)cc(F)c3)nc3ccccc3c2=O)cc1. The van der Waals surface area contributed by atoms with Crippen molar-refractivity contribution in [2.75, 3.05) is 17.7 Å². The van der Waals surface area contributed by atoms with Gasteiger partial charge in [0.1, 0.15) is 17.4 Å². The van der Waals surface area contributed by atoms with Crippen molar-refractivity contribution in [3.63, 3.8) is 0 Å². The largest absolute Gasteiger partial charge is 0.494 e. The summed E-state index contributed by atoms with van der Waals surface area (Å²) in [7, 11) is 0. The van der Waals surface area contributed by atoms with E-state index in [9.17, 15) is 18.4 Å². The molecular weight excluding hydrogens is 448 g/mol. The molecule has 6 nitrogen and oxygen atoms in total. The molecule has 0 fully saturated rings. The van der Waals surface area contributed by atoms with E-state index in [0.29, 0.717) is 34.1 Å². The highest BCUT2D eigenvalue weighted by molar-refractivity contribution is 7.99. The molecule has 0 atom stereocenters. The molecule has 0 spiro atoms. The molecule has 0 aliphatic heterocycles. The minimum Gasteiger partial charge on any atom is -0.494 e. The Balaban J connectivity index is 1.65. The minimum atomic E-state index is -0.793. The highest BCUT2D eigenvalue weighted by atomic mass is 32.2. The number of nitrogens with zero attached hydrogens (tertiary/aromatic N) is 2. The fraction of sp³-hybridized carbons (Fsp3) is 0.125. The summed E-state index contributed by atoms with van der Waals surface area (Å²) in [4.78, 5) is 30.3. The van der Waals surface area contributed by atoms with Gasteiger partial charge in [-0.05, 0) is 55.5 Å². The molecule has 0 aliphatic rings. The molecule has 3 aromatic carbocycles. The highest BCUT2D eigenvalue weighted by Crippen LogP contribution is 2.23. The summed E-state index contributed by atoms with van der Waals surface area (Å²) >= 11 is 1.04. The maximum Gasteiger partial charge on any atom is 0.266 e. The lowest BCUT2D eigenvalue weighted by Crippen LogP contribution is -2.23. The van der Waals surface area contributed by atoms with Crippen molar-refractivity contribution in [1.29, 1.82) is 0 Å². The lowest BCUT2D eigenvalue weighted by atomic mass is 10.2. The third-order valence-electron chi connectivity index (χ3n) is 4.63. The van der Waals surface area contributed by atoms with Gasteiger partial charge in [0.15, 0.2) is 5.16 Å². The van der Waals surface area contributed by atoms with Crippen molar-refractivity contribution in [3.05, 3.63) is 88.7 Å². The zero-order chi connectivity index (χ0) is 23.4. The van der Waals surface area contributed by atoms with Gasteiger partial charge in [0.05, 0.1) is 29.0 Å². The first-order valence-electron chi connectivity index (χ1n) is 10.1. The lowest BCUT2D eigenvalue weighted by Gasteiger charge is -2.14. The molecule has 0 saturated carbocycles. The summed E-state index contributed by atoms with van der Waals surface area (Å²) in [6.07, 6.45) is 0. The number of amides is 1. The quantitative estimate of drug-likeness (QED) is 0.312. The van der Waals surface area contributed by atoms with E-state index in [1.54, 1.807) is 48.5 Å². The van der Waals surface area contributed by atoms with Crippen molar-refractivity contribution in [2.45, 2.75) is 12.1 Å². The van der Waals surface area contributed by atoms with Gasteiger partial charge in [0.25, 0.3) is 5.56 Å². The summed E-state index contributed by atoms with van der Waals surface area (Å²) in [6.45, 7) is 2.39. The van der Waals surface area contributed by atoms with Crippen molar-refractivity contribution in [1.82, 2.24) is 9.55 Å². The molecule has 33 heavy (non-hydrogen) atoms. The average molecular weight is 467 g/mol. The second kappa shape index (κ2) is 9.83. The molecule has 1 heterocycles. The Hall–Kier alpha value is -3.72. The van der Waals surface area contributed by atoms with Crippen molar-refractivity contribution >= 4 is 34.3 Å². The molecule has 0 saturated heterocycles. The van der Waals surface area contributed by atoms with Gasteiger partial charge in [0, 0.05) is 11.8 Å². The molecule has 1 amide bonds. The Morgan fingerprint density at radius 3 is 2.45 bits per heavy atom. The van der Waals surface area contributed by atoms with Crippen molar-refractivity contribution < 1.29 is 18.3 Å². The van der Waals surface area contributed by atoms with Crippen molar-refractivity contribution in [3.8, 4) is 11.4 Å². The van der Waals surface area contributed by atoms with Crippen LogP contribution in [0.15, 0.2) is 76.7 Å². The monoisotopic (exact) mass is 467 g/mol. The molecular formula is C24H19F2N3O3S. The molecule has 1 aromatic heterocycles. The number of nitrogens with one attached hydrogen (secondary N) is 1. The van der Waals surface area contributed by atoms with E-state index < -0.39 is 17.5 Å². The Bertz CT molecular complexity index is 1350. The van der Waals surface area contributed by atoms with E-state index in [2.05, 4.69) is 10.3 Å². The number of benzene rings is 3. The maximum absolute atomic E-state index is 13.4. The second-order valence-electron chi connectivity index (χ2n) is 6.97. The molecule has 0 radical (unpaired) electrons. The fourth-order valence-corrected chi connectivity index (χ4v) is 4.06. The number of halogens is 2. The number of carbonyl (C=O) groups is 1. The number of rotatable bonds is 7. The van der Waals surface area contributed by atoms with E-state index in [-0.39, 0.29) is 17.0 Å². The molecule has 0 aliphatic carbocycles. The van der Waals surface area contributed by atoms with Gasteiger partial charge in [-0.1, -0.05) is 23.9 Å². The summed E-state index contributed by atoms with van der Waals surface area (Å²) in [5.41, 5.74) is 0.796. The third-order valence-corrected chi connectivity index (χ3v) is 5.57. The number of thioether (sulfide) groups is 1. The zero-order valence-corrected chi connectivity index (χ0v) is 18.4. The molecule has 0 unspecified atom stereocenters. The van der Waals surface area contributed by atoms with Crippen LogP contribution in [0.25, 0.3) is 16.6 Å². The number of hydrogen-bond acceptors (Lipinski definition) is 5. The number of ether oxygens (including phenoxy) is 1. The summed E-state index contributed by atoms with van der Waals surface area (Å²) in [6, 6.07) is 16.7. The lowest BCUT2D eigenvalue weighted by molar-refractivity contribution is -0.113. The Labute approximate surface area is 192 Å². The Kier molecular flexibility index (Phi) is 6.69. The maximum atomic E-state index is 13.4. The molecule has 4 aromatic rings. The van der Waals surface area contributed by atoms with Gasteiger partial charge in [0.2, 0.25) is 5.91 Å². The predicted molar refractivity (Wildman–Crippen MR) is 124 cm³/mol. The number of hydrogen-bond donors (Lipinski definition) is 1. The molecule has 4 rings (SSSR count). The number of anilines is 1. The molecule has 1 N–H and O–H groups in total. The van der Waals surface area contributed by atoms with Crippen LogP contribution in [-0.4, -0.2) is 27.8 Å². The highest BCUT2D eigenvalue weighted by Gasteiger charge is 2.15. The van der Waals surface area contributed by atoms with Gasteiger partial charge < -0.3 is 10.1 Å². The molecule has 0 bridgehead atoms. The predicted octanol–water partition coefficient (Wildman–Crippen LogP) is 4.79. The summed E-state index contributed by atoms with van der Waals surface area (Å²) in [5.74, 6) is -1.54. The van der Waals surface area contributed by atoms with Crippen LogP contribution in [0.3, 0.4) is 0 Å². The minimum absolute atomic E-state index is 0.00785. The topological polar surface area (TPSA) is 73.2 Å². The first-order chi connectivity index (χ1) is 15.9. The van der Waals surface area contributed by atoms with Gasteiger partial charge >= 0.3 is 0 Å². The first kappa shape index (κ1) is 22.5. The van der Waals surface area contributed by atoms with E-state index in [1.807, 2.05) is 6.92 Å². The van der Waals surface area contributed by atoms with E-state index in [1.165, 1.54) is 4.57 Å². The first-order valence-corrected chi connectivity index (χ1v) is 11.1. The number of carbonyl (C=O) groups excluding carboxylic acids is 1. The van der Waals surface area contributed by atoms with E-state index in [0.717, 1.165) is 30.0 Å². The second-order valence-corrected chi connectivity index (χ2v) is 7.92. The van der Waals surface area contributed by atoms with E-state index >= 15 is 0 Å². The Morgan fingerprint density at radius 2 is 1.76 bits per heavy atom. The number of aromatic nitrogens is 2. The summed E-state index contributed by atoms with van der Waals surface area (Å²) < 4.78 is 33.7. The standard InChI is InChI=1S/C24H19F2N3O3S/c1-2-32-19-9-7-18(8-10-19)29-23(31)20-5-3-4-6-21(20)28-24(29)33-14-22(30)27-17-12-15(25)11-16(26)13-17/h3-13H,2,14H2,1H3,(H,27,30). The smallest absolute Gasteiger partial charge is 0.266 e. The number of fused-ring (bicyclic) bond motifs is 1. The zero-order valence-electron chi connectivity index (χ0n) is 17.5. The number of para-hydroxylation sites is 1. The Morgan fingerprint density at radius 1 is 1.06 bits per heavy atom. The van der Waals surface area contributed by atoms with Gasteiger partial charge in [-0.2, -0.15) is 0 Å². The van der Waals surface area contributed by atoms with Crippen LogP contribution in [0.5, 0.6) is 5.75 Å². The fourth-order valence-electron chi connectivity index (χ4n) is 3.25. The van der Waals surface area contributed by atoms with Gasteiger partial charge in [-0.15, -0.1) is 0 Å². The van der Waals surface area contributed by atoms with Gasteiger partial charge in [-0.3, -0.25) is 14.2 Å². The van der Waals surface area contributed by atoms with Gasteiger partial charge in [-0.25, -0.2) is 13.8 Å². The van der Waals surface area contributed by atoms with Crippen LogP contribution in [-0.2, 0) is 4.79 Å². The van der Waals surface area contributed by atoms with Crippen LogP contribution in [0, 0.1) is 11.6 Å². The summed E-state index contributed by atoms with van der Waals surface area (Å²) in [5, 5.41) is 3.20. The van der Waals surface area contributed by atoms with Crippen molar-refractivity contribution in [2.24, 2.45) is 0 Å². The molecule has 168 valence electrons. The van der Waals surface area contributed by atoms with Crippen LogP contribution in [0.1, 0.15) is 6.92 Å². The normalized spacial score (nSPS) is 10.9. The average Bonchev–Trinajstić information content (AvgIpc) is 2.78. The van der Waals surface area contributed by atoms with Crippen LogP contribution in [0.2, 0.25) is 0 Å². The van der Waals surface area contributed by atoms with Crippen LogP contribution in [0.4, 0.5) is 14.5 Å². The third kappa shape index (κ3) is 5.20.